The van der Waals surface area contributed by atoms with Crippen LogP contribution < -0.4 is 5.32 Å². The zero-order valence-corrected chi connectivity index (χ0v) is 6.88. The highest BCUT2D eigenvalue weighted by atomic mass is 35.5. The molecule has 3 heteroatoms. The standard InChI is InChI=1S/C7H13NO.ClH/c1-2-7(9-5-1)3-4-8-6-7;/h8H,1-6H2;1H/t7-;/m0./s1. The maximum atomic E-state index is 5.64. The van der Waals surface area contributed by atoms with Crippen LogP contribution in [-0.2, 0) is 4.74 Å². The van der Waals surface area contributed by atoms with E-state index in [1.807, 2.05) is 0 Å². The second-order valence-corrected chi connectivity index (χ2v) is 3.06. The van der Waals surface area contributed by atoms with E-state index in [2.05, 4.69) is 5.32 Å². The van der Waals surface area contributed by atoms with Gasteiger partial charge in [0.05, 0.1) is 5.60 Å². The molecular weight excluding hydrogens is 150 g/mol. The third-order valence-electron chi connectivity index (χ3n) is 2.39. The van der Waals surface area contributed by atoms with E-state index in [1.54, 1.807) is 0 Å². The molecule has 0 saturated carbocycles. The third-order valence-corrected chi connectivity index (χ3v) is 2.39. The van der Waals surface area contributed by atoms with Crippen molar-refractivity contribution in [3.05, 3.63) is 0 Å². The molecule has 0 aromatic rings. The Bertz CT molecular complexity index is 88.7. The van der Waals surface area contributed by atoms with Crippen molar-refractivity contribution in [1.29, 1.82) is 0 Å². The van der Waals surface area contributed by atoms with Crippen molar-refractivity contribution in [2.75, 3.05) is 19.7 Å². The van der Waals surface area contributed by atoms with Gasteiger partial charge in [-0.15, -0.1) is 12.4 Å². The van der Waals surface area contributed by atoms with Crippen LogP contribution >= 0.6 is 12.4 Å². The summed E-state index contributed by atoms with van der Waals surface area (Å²) >= 11 is 0. The first kappa shape index (κ1) is 8.31. The summed E-state index contributed by atoms with van der Waals surface area (Å²) in [6.45, 7) is 3.23. The fourth-order valence-electron chi connectivity index (χ4n) is 1.81. The summed E-state index contributed by atoms with van der Waals surface area (Å²) in [5.74, 6) is 0. The highest BCUT2D eigenvalue weighted by Crippen LogP contribution is 2.30. The molecule has 2 aliphatic rings. The number of hydrogen-bond acceptors (Lipinski definition) is 2. The average molecular weight is 164 g/mol. The minimum Gasteiger partial charge on any atom is -0.374 e. The Hall–Kier alpha value is 0.210. The van der Waals surface area contributed by atoms with E-state index in [4.69, 9.17) is 4.74 Å². The number of nitrogens with one attached hydrogen (secondary N) is 1. The quantitative estimate of drug-likeness (QED) is 0.574. The van der Waals surface area contributed by atoms with Crippen molar-refractivity contribution in [2.24, 2.45) is 0 Å². The van der Waals surface area contributed by atoms with Crippen LogP contribution in [0.4, 0.5) is 0 Å². The van der Waals surface area contributed by atoms with Crippen LogP contribution in [0.5, 0.6) is 0 Å². The Kier molecular flexibility index (Phi) is 2.55. The molecule has 0 amide bonds. The van der Waals surface area contributed by atoms with Gasteiger partial charge in [-0.1, -0.05) is 0 Å². The van der Waals surface area contributed by atoms with Gasteiger partial charge in [0.1, 0.15) is 0 Å². The smallest absolute Gasteiger partial charge is 0.0819 e. The van der Waals surface area contributed by atoms with Crippen molar-refractivity contribution >= 4 is 12.4 Å². The third kappa shape index (κ3) is 1.29. The number of halogens is 1. The first-order valence-electron chi connectivity index (χ1n) is 3.76. The molecule has 2 heterocycles. The van der Waals surface area contributed by atoms with E-state index >= 15 is 0 Å². The molecule has 0 bridgehead atoms. The summed E-state index contributed by atoms with van der Waals surface area (Å²) in [5, 5.41) is 3.33. The number of rotatable bonds is 0. The monoisotopic (exact) mass is 163 g/mol. The van der Waals surface area contributed by atoms with Crippen molar-refractivity contribution < 1.29 is 4.74 Å². The SMILES string of the molecule is C1CO[C@@]2(C1)CCNC2.Cl. The van der Waals surface area contributed by atoms with Crippen LogP contribution in [0.3, 0.4) is 0 Å². The lowest BCUT2D eigenvalue weighted by Crippen LogP contribution is -2.29. The normalized spacial score (nSPS) is 38.4. The topological polar surface area (TPSA) is 21.3 Å². The molecule has 2 fully saturated rings. The zero-order chi connectivity index (χ0) is 6.16. The van der Waals surface area contributed by atoms with Crippen LogP contribution in [0.25, 0.3) is 0 Å². The molecule has 2 rings (SSSR count). The molecule has 60 valence electrons. The largest absolute Gasteiger partial charge is 0.374 e. The van der Waals surface area contributed by atoms with Crippen LogP contribution in [0, 0.1) is 0 Å². The van der Waals surface area contributed by atoms with E-state index in [-0.39, 0.29) is 18.0 Å². The highest BCUT2D eigenvalue weighted by molar-refractivity contribution is 5.85. The molecule has 0 aromatic carbocycles. The Labute approximate surface area is 67.7 Å². The van der Waals surface area contributed by atoms with Gasteiger partial charge in [0.2, 0.25) is 0 Å². The van der Waals surface area contributed by atoms with Crippen molar-refractivity contribution in [3.8, 4) is 0 Å². The molecule has 0 unspecified atom stereocenters. The Morgan fingerprint density at radius 2 is 2.20 bits per heavy atom. The Morgan fingerprint density at radius 1 is 1.30 bits per heavy atom. The van der Waals surface area contributed by atoms with Crippen molar-refractivity contribution in [2.45, 2.75) is 24.9 Å². The summed E-state index contributed by atoms with van der Waals surface area (Å²) in [7, 11) is 0. The van der Waals surface area contributed by atoms with Gasteiger partial charge in [0, 0.05) is 13.2 Å². The van der Waals surface area contributed by atoms with Crippen LogP contribution in [0.2, 0.25) is 0 Å². The highest BCUT2D eigenvalue weighted by Gasteiger charge is 2.37. The molecule has 0 aromatic heterocycles. The lowest BCUT2D eigenvalue weighted by atomic mass is 10.00. The summed E-state index contributed by atoms with van der Waals surface area (Å²) < 4.78 is 5.64. The predicted molar refractivity (Wildman–Crippen MR) is 42.7 cm³/mol. The molecule has 2 nitrogen and oxygen atoms in total. The van der Waals surface area contributed by atoms with Gasteiger partial charge in [-0.05, 0) is 25.8 Å². The first-order valence-corrected chi connectivity index (χ1v) is 3.76. The molecule has 1 N–H and O–H groups in total. The van der Waals surface area contributed by atoms with Gasteiger partial charge in [-0.3, -0.25) is 0 Å². The number of hydrogen-bond donors (Lipinski definition) is 1. The van der Waals surface area contributed by atoms with Crippen molar-refractivity contribution in [1.82, 2.24) is 5.32 Å². The van der Waals surface area contributed by atoms with Crippen LogP contribution in [-0.4, -0.2) is 25.3 Å². The van der Waals surface area contributed by atoms with E-state index in [9.17, 15) is 0 Å². The molecule has 2 saturated heterocycles. The predicted octanol–water partition coefficient (Wildman–Crippen LogP) is 0.951. The Morgan fingerprint density at radius 3 is 2.70 bits per heavy atom. The van der Waals surface area contributed by atoms with Gasteiger partial charge in [0.15, 0.2) is 0 Å². The summed E-state index contributed by atoms with van der Waals surface area (Å²) in [4.78, 5) is 0. The van der Waals surface area contributed by atoms with Gasteiger partial charge in [-0.2, -0.15) is 0 Å². The van der Waals surface area contributed by atoms with Crippen LogP contribution in [0.15, 0.2) is 0 Å². The summed E-state index contributed by atoms with van der Waals surface area (Å²) in [6, 6.07) is 0. The molecule has 1 spiro atoms. The van der Waals surface area contributed by atoms with Crippen LogP contribution in [0.1, 0.15) is 19.3 Å². The fourth-order valence-corrected chi connectivity index (χ4v) is 1.81. The summed E-state index contributed by atoms with van der Waals surface area (Å²) in [6.07, 6.45) is 3.77. The first-order chi connectivity index (χ1) is 4.41. The van der Waals surface area contributed by atoms with Gasteiger partial charge >= 0.3 is 0 Å². The van der Waals surface area contributed by atoms with E-state index in [0.717, 1.165) is 19.7 Å². The van der Waals surface area contributed by atoms with Gasteiger partial charge in [0.25, 0.3) is 0 Å². The zero-order valence-electron chi connectivity index (χ0n) is 6.06. The molecule has 0 radical (unpaired) electrons. The minimum absolute atomic E-state index is 0. The maximum absolute atomic E-state index is 5.64. The lowest BCUT2D eigenvalue weighted by molar-refractivity contribution is 0.0217. The second kappa shape index (κ2) is 3.07. The minimum atomic E-state index is 0. The van der Waals surface area contributed by atoms with Gasteiger partial charge in [-0.25, -0.2) is 0 Å². The number of ether oxygens (including phenoxy) is 1. The lowest BCUT2D eigenvalue weighted by Gasteiger charge is -2.19. The molecular formula is C7H14ClNO. The molecule has 1 atom stereocenters. The fraction of sp³-hybridized carbons (Fsp3) is 1.00. The maximum Gasteiger partial charge on any atom is 0.0819 e. The van der Waals surface area contributed by atoms with Gasteiger partial charge < -0.3 is 10.1 Å². The van der Waals surface area contributed by atoms with E-state index in [0.29, 0.717) is 0 Å². The second-order valence-electron chi connectivity index (χ2n) is 3.06. The summed E-state index contributed by atoms with van der Waals surface area (Å²) in [5.41, 5.74) is 0.278. The Balaban J connectivity index is 0.000000500. The molecule has 2 aliphatic heterocycles. The van der Waals surface area contributed by atoms with E-state index in [1.165, 1.54) is 19.3 Å². The average Bonchev–Trinajstić information content (AvgIpc) is 2.45. The van der Waals surface area contributed by atoms with E-state index < -0.39 is 0 Å². The molecule has 0 aliphatic carbocycles. The molecule has 10 heavy (non-hydrogen) atoms. The van der Waals surface area contributed by atoms with Crippen molar-refractivity contribution in [3.63, 3.8) is 0 Å².